The first-order chi connectivity index (χ1) is 16.6. The van der Waals surface area contributed by atoms with E-state index in [0.717, 1.165) is 27.8 Å². The van der Waals surface area contributed by atoms with Gasteiger partial charge in [0.05, 0.1) is 33.4 Å². The summed E-state index contributed by atoms with van der Waals surface area (Å²) in [6.45, 7) is 0. The largest absolute Gasteiger partial charge is 0.495 e. The SMILES string of the molecule is COc1ccc(-c2nn(-c3ccccc3)cc2/C=c2\sc3nc4ccccc4n3c2=O)cc1Cl. The first-order valence-corrected chi connectivity index (χ1v) is 11.7. The first-order valence-electron chi connectivity index (χ1n) is 10.5. The molecule has 0 saturated carbocycles. The third-order valence-corrected chi connectivity index (χ3v) is 6.88. The minimum Gasteiger partial charge on any atom is -0.495 e. The van der Waals surface area contributed by atoms with Gasteiger partial charge in [-0.15, -0.1) is 0 Å². The van der Waals surface area contributed by atoms with Crippen molar-refractivity contribution in [2.75, 3.05) is 7.11 Å². The molecule has 0 fully saturated rings. The highest BCUT2D eigenvalue weighted by atomic mass is 35.5. The van der Waals surface area contributed by atoms with Crippen LogP contribution in [0.3, 0.4) is 0 Å². The molecule has 0 bridgehead atoms. The Kier molecular flexibility index (Phi) is 4.94. The van der Waals surface area contributed by atoms with Crippen molar-refractivity contribution in [3.8, 4) is 22.7 Å². The predicted octanol–water partition coefficient (Wildman–Crippen LogP) is 4.97. The van der Waals surface area contributed by atoms with Crippen molar-refractivity contribution in [1.29, 1.82) is 0 Å². The number of fused-ring (bicyclic) bond motifs is 3. The molecule has 3 aromatic heterocycles. The number of rotatable bonds is 4. The number of nitrogens with zero attached hydrogens (tertiary/aromatic N) is 4. The number of imidazole rings is 1. The molecular weight excluding hydrogens is 468 g/mol. The minimum atomic E-state index is -0.0973. The molecule has 0 saturated heterocycles. The molecule has 3 heterocycles. The highest BCUT2D eigenvalue weighted by Gasteiger charge is 2.15. The Balaban J connectivity index is 1.58. The number of hydrogen-bond donors (Lipinski definition) is 0. The van der Waals surface area contributed by atoms with Crippen LogP contribution in [0.25, 0.3) is 39.0 Å². The Morgan fingerprint density at radius 3 is 2.62 bits per heavy atom. The van der Waals surface area contributed by atoms with E-state index in [0.29, 0.717) is 26.0 Å². The van der Waals surface area contributed by atoms with Gasteiger partial charge in [0.2, 0.25) is 0 Å². The summed E-state index contributed by atoms with van der Waals surface area (Å²) in [5, 5.41) is 5.32. The molecule has 6 rings (SSSR count). The van der Waals surface area contributed by atoms with Gasteiger partial charge in [-0.2, -0.15) is 5.10 Å². The molecule has 0 atom stereocenters. The summed E-state index contributed by atoms with van der Waals surface area (Å²) in [6.07, 6.45) is 3.79. The van der Waals surface area contributed by atoms with Crippen molar-refractivity contribution in [3.05, 3.63) is 104 Å². The molecule has 0 aliphatic heterocycles. The maximum absolute atomic E-state index is 13.3. The predicted molar refractivity (Wildman–Crippen MR) is 136 cm³/mol. The zero-order valence-electron chi connectivity index (χ0n) is 18.0. The Labute approximate surface area is 202 Å². The van der Waals surface area contributed by atoms with E-state index in [-0.39, 0.29) is 5.56 Å². The maximum Gasteiger partial charge on any atom is 0.274 e. The third-order valence-electron chi connectivity index (χ3n) is 5.62. The number of hydrogen-bond acceptors (Lipinski definition) is 5. The van der Waals surface area contributed by atoms with Crippen LogP contribution < -0.4 is 14.8 Å². The molecule has 3 aromatic carbocycles. The standard InChI is InChI=1S/C26H17ClN4O2S/c1-33-22-12-11-16(13-19(22)27)24-17(15-30(29-24)18-7-3-2-4-8-18)14-23-25(32)31-21-10-6-5-9-20(21)28-26(31)34-23/h2-15H,1H3/b23-14-. The highest BCUT2D eigenvalue weighted by molar-refractivity contribution is 7.15. The average Bonchev–Trinajstić information content (AvgIpc) is 3.53. The summed E-state index contributed by atoms with van der Waals surface area (Å²) >= 11 is 7.77. The van der Waals surface area contributed by atoms with Crippen molar-refractivity contribution in [2.24, 2.45) is 0 Å². The molecule has 0 radical (unpaired) electrons. The van der Waals surface area contributed by atoms with E-state index in [1.807, 2.05) is 85.1 Å². The Morgan fingerprint density at radius 1 is 1.03 bits per heavy atom. The molecule has 0 spiro atoms. The van der Waals surface area contributed by atoms with Gasteiger partial charge in [0.25, 0.3) is 5.56 Å². The third kappa shape index (κ3) is 3.37. The van der Waals surface area contributed by atoms with Gasteiger partial charge in [0, 0.05) is 17.3 Å². The fourth-order valence-corrected chi connectivity index (χ4v) is 5.23. The lowest BCUT2D eigenvalue weighted by Crippen LogP contribution is -2.22. The van der Waals surface area contributed by atoms with Crippen LogP contribution in [0.1, 0.15) is 5.56 Å². The first kappa shape index (κ1) is 20.7. The lowest BCUT2D eigenvalue weighted by Gasteiger charge is -2.05. The quantitative estimate of drug-likeness (QED) is 0.354. The van der Waals surface area contributed by atoms with Crippen molar-refractivity contribution < 1.29 is 4.74 Å². The maximum atomic E-state index is 13.3. The van der Waals surface area contributed by atoms with Gasteiger partial charge in [-0.25, -0.2) is 14.1 Å². The molecule has 34 heavy (non-hydrogen) atoms. The molecule has 6 aromatic rings. The molecule has 0 amide bonds. The van der Waals surface area contributed by atoms with Crippen LogP contribution in [-0.2, 0) is 0 Å². The van der Waals surface area contributed by atoms with Crippen molar-refractivity contribution in [1.82, 2.24) is 19.2 Å². The fourth-order valence-electron chi connectivity index (χ4n) is 4.00. The van der Waals surface area contributed by atoms with Gasteiger partial charge in [0.15, 0.2) is 4.96 Å². The zero-order valence-corrected chi connectivity index (χ0v) is 19.5. The molecule has 0 N–H and O–H groups in total. The number of ether oxygens (including phenoxy) is 1. The second-order valence-electron chi connectivity index (χ2n) is 7.70. The Morgan fingerprint density at radius 2 is 1.82 bits per heavy atom. The lowest BCUT2D eigenvalue weighted by molar-refractivity contribution is 0.415. The van der Waals surface area contributed by atoms with Gasteiger partial charge >= 0.3 is 0 Å². The van der Waals surface area contributed by atoms with E-state index < -0.39 is 0 Å². The second kappa shape index (κ2) is 8.13. The van der Waals surface area contributed by atoms with E-state index in [4.69, 9.17) is 21.4 Å². The molecule has 0 aliphatic rings. The summed E-state index contributed by atoms with van der Waals surface area (Å²) in [7, 11) is 1.58. The van der Waals surface area contributed by atoms with E-state index >= 15 is 0 Å². The number of para-hydroxylation sites is 3. The number of halogens is 1. The highest BCUT2D eigenvalue weighted by Crippen LogP contribution is 2.32. The van der Waals surface area contributed by atoms with E-state index in [1.54, 1.807) is 16.2 Å². The number of aromatic nitrogens is 4. The Hall–Kier alpha value is -3.94. The van der Waals surface area contributed by atoms with Crippen LogP contribution in [0.4, 0.5) is 0 Å². The summed E-state index contributed by atoms with van der Waals surface area (Å²) < 4.78 is 9.35. The minimum absolute atomic E-state index is 0.0973. The van der Waals surface area contributed by atoms with Gasteiger partial charge in [0.1, 0.15) is 11.4 Å². The van der Waals surface area contributed by atoms with Crippen LogP contribution in [0.2, 0.25) is 5.02 Å². The van der Waals surface area contributed by atoms with Gasteiger partial charge in [-0.05, 0) is 48.5 Å². The molecular formula is C26H17ClN4O2S. The van der Waals surface area contributed by atoms with Crippen LogP contribution in [0.5, 0.6) is 5.75 Å². The topological polar surface area (TPSA) is 61.4 Å². The molecule has 0 aliphatic carbocycles. The van der Waals surface area contributed by atoms with Gasteiger partial charge in [-0.3, -0.25) is 4.79 Å². The monoisotopic (exact) mass is 484 g/mol. The van der Waals surface area contributed by atoms with Crippen molar-refractivity contribution in [2.45, 2.75) is 0 Å². The van der Waals surface area contributed by atoms with Crippen LogP contribution in [-0.4, -0.2) is 26.3 Å². The van der Waals surface area contributed by atoms with Crippen LogP contribution in [0, 0.1) is 0 Å². The molecule has 0 unspecified atom stereocenters. The van der Waals surface area contributed by atoms with Crippen molar-refractivity contribution >= 4 is 45.0 Å². The van der Waals surface area contributed by atoms with Crippen LogP contribution >= 0.6 is 22.9 Å². The normalized spacial score (nSPS) is 12.1. The van der Waals surface area contributed by atoms with Crippen molar-refractivity contribution in [3.63, 3.8) is 0 Å². The number of methoxy groups -OCH3 is 1. The number of benzene rings is 3. The molecule has 8 heteroatoms. The van der Waals surface area contributed by atoms with E-state index in [9.17, 15) is 4.79 Å². The zero-order chi connectivity index (χ0) is 23.2. The lowest BCUT2D eigenvalue weighted by atomic mass is 10.1. The van der Waals surface area contributed by atoms with Gasteiger partial charge < -0.3 is 4.74 Å². The molecule has 6 nitrogen and oxygen atoms in total. The summed E-state index contributed by atoms with van der Waals surface area (Å²) in [4.78, 5) is 18.6. The Bertz CT molecular complexity index is 1790. The summed E-state index contributed by atoms with van der Waals surface area (Å²) in [5.74, 6) is 0.589. The fraction of sp³-hybridized carbons (Fsp3) is 0.0385. The average molecular weight is 485 g/mol. The smallest absolute Gasteiger partial charge is 0.274 e. The number of thiazole rings is 1. The van der Waals surface area contributed by atoms with Crippen LogP contribution in [0.15, 0.2) is 83.8 Å². The van der Waals surface area contributed by atoms with E-state index in [2.05, 4.69) is 4.98 Å². The summed E-state index contributed by atoms with van der Waals surface area (Å²) in [6, 6.07) is 23.0. The van der Waals surface area contributed by atoms with E-state index in [1.165, 1.54) is 11.3 Å². The summed E-state index contributed by atoms with van der Waals surface area (Å²) in [5.41, 5.74) is 4.77. The van der Waals surface area contributed by atoms with Gasteiger partial charge in [-0.1, -0.05) is 53.3 Å². The molecule has 166 valence electrons. The second-order valence-corrected chi connectivity index (χ2v) is 9.11.